The Labute approximate surface area is 202 Å². The minimum atomic E-state index is -0.797. The van der Waals surface area contributed by atoms with Gasteiger partial charge in [-0.15, -0.1) is 0 Å². The minimum absolute atomic E-state index is 0.0337. The molecular weight excluding hydrogens is 506 g/mol. The van der Waals surface area contributed by atoms with Crippen LogP contribution in [0.5, 0.6) is 0 Å². The topological polar surface area (TPSA) is 107 Å². The molecule has 9 heteroatoms. The molecule has 0 bridgehead atoms. The summed E-state index contributed by atoms with van der Waals surface area (Å²) in [5.41, 5.74) is 1.12. The van der Waals surface area contributed by atoms with Crippen LogP contribution in [0.2, 0.25) is 0 Å². The molecule has 0 spiro atoms. The standard InChI is InChI=1S/C25H16BrNO7/c1-33-24(31)15-4-9-18(10-5-15)27-22(29)19-11-6-16(12-20(19)23(27)30)25(32)34-13-21(28)14-2-7-17(26)8-3-14/h2-12H,13H2,1H3. The van der Waals surface area contributed by atoms with Crippen LogP contribution in [-0.4, -0.2) is 43.3 Å². The highest BCUT2D eigenvalue weighted by molar-refractivity contribution is 9.10. The molecule has 8 nitrogen and oxygen atoms in total. The van der Waals surface area contributed by atoms with Crippen LogP contribution in [0, 0.1) is 0 Å². The summed E-state index contributed by atoms with van der Waals surface area (Å²) >= 11 is 3.28. The molecule has 0 N–H and O–H groups in total. The van der Waals surface area contributed by atoms with Crippen LogP contribution in [0.15, 0.2) is 71.2 Å². The highest BCUT2D eigenvalue weighted by atomic mass is 79.9. The molecule has 4 rings (SSSR count). The molecule has 1 heterocycles. The zero-order valence-corrected chi connectivity index (χ0v) is 19.3. The molecule has 2 amide bonds. The van der Waals surface area contributed by atoms with E-state index in [0.717, 1.165) is 9.37 Å². The number of carbonyl (C=O) groups is 5. The molecule has 1 aliphatic heterocycles. The molecular formula is C25H16BrNO7. The van der Waals surface area contributed by atoms with Gasteiger partial charge < -0.3 is 9.47 Å². The lowest BCUT2D eigenvalue weighted by Gasteiger charge is -2.14. The Bertz CT molecular complexity index is 1330. The van der Waals surface area contributed by atoms with Gasteiger partial charge in [0, 0.05) is 10.0 Å². The first-order chi connectivity index (χ1) is 16.3. The second-order valence-corrected chi connectivity index (χ2v) is 8.17. The molecule has 3 aromatic rings. The van der Waals surface area contributed by atoms with Crippen molar-refractivity contribution in [3.63, 3.8) is 0 Å². The highest BCUT2D eigenvalue weighted by Crippen LogP contribution is 2.29. The number of nitrogens with zero attached hydrogens (tertiary/aromatic N) is 1. The fraction of sp³-hybridized carbons (Fsp3) is 0.0800. The van der Waals surface area contributed by atoms with Crippen LogP contribution in [-0.2, 0) is 9.47 Å². The summed E-state index contributed by atoms with van der Waals surface area (Å²) in [6.07, 6.45) is 0. The maximum absolute atomic E-state index is 12.9. The summed E-state index contributed by atoms with van der Waals surface area (Å²) in [7, 11) is 1.25. The number of esters is 2. The molecule has 0 aliphatic carbocycles. The van der Waals surface area contributed by atoms with E-state index in [-0.39, 0.29) is 33.7 Å². The Morgan fingerprint density at radius 1 is 0.765 bits per heavy atom. The van der Waals surface area contributed by atoms with Crippen LogP contribution in [0.4, 0.5) is 5.69 Å². The van der Waals surface area contributed by atoms with E-state index in [0.29, 0.717) is 5.56 Å². The third kappa shape index (κ3) is 4.38. The predicted molar refractivity (Wildman–Crippen MR) is 124 cm³/mol. The molecule has 0 saturated carbocycles. The number of halogens is 1. The van der Waals surface area contributed by atoms with Gasteiger partial charge in [-0.25, -0.2) is 14.5 Å². The number of carbonyl (C=O) groups excluding carboxylic acids is 5. The van der Waals surface area contributed by atoms with Crippen LogP contribution in [0.3, 0.4) is 0 Å². The highest BCUT2D eigenvalue weighted by Gasteiger charge is 2.37. The predicted octanol–water partition coefficient (Wildman–Crippen LogP) is 4.08. The zero-order valence-electron chi connectivity index (χ0n) is 17.7. The molecule has 0 saturated heterocycles. The van der Waals surface area contributed by atoms with Gasteiger partial charge in [-0.2, -0.15) is 0 Å². The SMILES string of the molecule is COC(=O)c1ccc(N2C(=O)c3ccc(C(=O)OCC(=O)c4ccc(Br)cc4)cc3C2=O)cc1. The van der Waals surface area contributed by atoms with E-state index in [4.69, 9.17) is 4.74 Å². The monoisotopic (exact) mass is 521 g/mol. The largest absolute Gasteiger partial charge is 0.465 e. The summed E-state index contributed by atoms with van der Waals surface area (Å²) in [6.45, 7) is -0.469. The smallest absolute Gasteiger partial charge is 0.338 e. The molecule has 0 unspecified atom stereocenters. The maximum Gasteiger partial charge on any atom is 0.338 e. The van der Waals surface area contributed by atoms with Crippen LogP contribution in [0.25, 0.3) is 0 Å². The number of Topliss-reactive ketones (excluding diaryl/α,β-unsaturated/α-hetero) is 1. The number of methoxy groups -OCH3 is 1. The van der Waals surface area contributed by atoms with Crippen molar-refractivity contribution >= 4 is 51.2 Å². The first kappa shape index (κ1) is 23.1. The number of hydrogen-bond donors (Lipinski definition) is 0. The van der Waals surface area contributed by atoms with E-state index in [2.05, 4.69) is 20.7 Å². The molecule has 0 radical (unpaired) electrons. The van der Waals surface area contributed by atoms with Crippen LogP contribution >= 0.6 is 15.9 Å². The number of ether oxygens (including phenoxy) is 2. The Morgan fingerprint density at radius 2 is 1.35 bits per heavy atom. The fourth-order valence-electron chi connectivity index (χ4n) is 3.40. The summed E-state index contributed by atoms with van der Waals surface area (Å²) in [4.78, 5) is 63.0. The lowest BCUT2D eigenvalue weighted by Crippen LogP contribution is -2.29. The number of imide groups is 1. The van der Waals surface area contributed by atoms with Gasteiger partial charge >= 0.3 is 11.9 Å². The van der Waals surface area contributed by atoms with Gasteiger partial charge in [0.1, 0.15) is 0 Å². The van der Waals surface area contributed by atoms with E-state index in [1.807, 2.05) is 0 Å². The third-order valence-electron chi connectivity index (χ3n) is 5.17. The first-order valence-corrected chi connectivity index (χ1v) is 10.8. The van der Waals surface area contributed by atoms with E-state index < -0.39 is 30.4 Å². The maximum atomic E-state index is 12.9. The van der Waals surface area contributed by atoms with E-state index in [1.165, 1.54) is 49.6 Å². The number of amides is 2. The fourth-order valence-corrected chi connectivity index (χ4v) is 3.66. The quantitative estimate of drug-likeness (QED) is 0.273. The molecule has 34 heavy (non-hydrogen) atoms. The van der Waals surface area contributed by atoms with Crippen molar-refractivity contribution in [2.75, 3.05) is 18.6 Å². The van der Waals surface area contributed by atoms with Crippen molar-refractivity contribution < 1.29 is 33.4 Å². The molecule has 0 aromatic heterocycles. The molecule has 170 valence electrons. The number of rotatable bonds is 6. The number of anilines is 1. The van der Waals surface area contributed by atoms with E-state index in [1.54, 1.807) is 24.3 Å². The second kappa shape index (κ2) is 9.40. The van der Waals surface area contributed by atoms with Crippen molar-refractivity contribution in [1.82, 2.24) is 0 Å². The molecule has 3 aromatic carbocycles. The van der Waals surface area contributed by atoms with Gasteiger partial charge in [0.25, 0.3) is 11.8 Å². The van der Waals surface area contributed by atoms with Gasteiger partial charge in [0.15, 0.2) is 12.4 Å². The van der Waals surface area contributed by atoms with Crippen molar-refractivity contribution in [3.8, 4) is 0 Å². The summed E-state index contributed by atoms with van der Waals surface area (Å²) in [5.74, 6) is -2.90. The molecule has 1 aliphatic rings. The summed E-state index contributed by atoms with van der Waals surface area (Å²) in [5, 5.41) is 0. The second-order valence-electron chi connectivity index (χ2n) is 7.25. The van der Waals surface area contributed by atoms with Gasteiger partial charge in [0.2, 0.25) is 0 Å². The van der Waals surface area contributed by atoms with Crippen LogP contribution < -0.4 is 4.90 Å². The Kier molecular flexibility index (Phi) is 6.38. The van der Waals surface area contributed by atoms with Crippen molar-refractivity contribution in [2.45, 2.75) is 0 Å². The molecule has 0 atom stereocenters. The average molecular weight is 522 g/mol. The minimum Gasteiger partial charge on any atom is -0.465 e. The number of hydrogen-bond acceptors (Lipinski definition) is 7. The Hall–Kier alpha value is -4.11. The normalized spacial score (nSPS) is 12.4. The number of ketones is 1. The van der Waals surface area contributed by atoms with Gasteiger partial charge in [0.05, 0.1) is 35.1 Å². The number of benzene rings is 3. The van der Waals surface area contributed by atoms with Crippen molar-refractivity contribution in [2.24, 2.45) is 0 Å². The Morgan fingerprint density at radius 3 is 2.00 bits per heavy atom. The van der Waals surface area contributed by atoms with Gasteiger partial charge in [-0.05, 0) is 54.6 Å². The first-order valence-electron chi connectivity index (χ1n) is 9.97. The van der Waals surface area contributed by atoms with Gasteiger partial charge in [-0.1, -0.05) is 28.1 Å². The van der Waals surface area contributed by atoms with E-state index >= 15 is 0 Å². The third-order valence-corrected chi connectivity index (χ3v) is 5.70. The lowest BCUT2D eigenvalue weighted by molar-refractivity contribution is 0.0474. The lowest BCUT2D eigenvalue weighted by atomic mass is 10.1. The zero-order chi connectivity index (χ0) is 24.4. The van der Waals surface area contributed by atoms with E-state index in [9.17, 15) is 24.0 Å². The molecule has 0 fully saturated rings. The van der Waals surface area contributed by atoms with Crippen molar-refractivity contribution in [1.29, 1.82) is 0 Å². The number of fused-ring (bicyclic) bond motifs is 1. The summed E-state index contributed by atoms with van der Waals surface area (Å²) < 4.78 is 10.6. The van der Waals surface area contributed by atoms with Gasteiger partial charge in [-0.3, -0.25) is 14.4 Å². The van der Waals surface area contributed by atoms with Crippen LogP contribution in [0.1, 0.15) is 51.8 Å². The Balaban J connectivity index is 1.49. The van der Waals surface area contributed by atoms with Crippen molar-refractivity contribution in [3.05, 3.63) is 99.0 Å². The average Bonchev–Trinajstić information content (AvgIpc) is 3.11. The summed E-state index contributed by atoms with van der Waals surface area (Å²) in [6, 6.07) is 16.4.